The van der Waals surface area contributed by atoms with E-state index in [0.717, 1.165) is 0 Å². The van der Waals surface area contributed by atoms with Crippen molar-refractivity contribution in [2.24, 2.45) is 5.73 Å². The van der Waals surface area contributed by atoms with Crippen molar-refractivity contribution in [2.45, 2.75) is 0 Å². The first-order valence-electron chi connectivity index (χ1n) is 4.83. The Morgan fingerprint density at radius 3 is 2.59 bits per heavy atom. The van der Waals surface area contributed by atoms with Gasteiger partial charge < -0.3 is 26.3 Å². The van der Waals surface area contributed by atoms with Gasteiger partial charge >= 0.3 is 0 Å². The average Bonchev–Trinajstić information content (AvgIpc) is 2.71. The number of carbonyl (C=O) groups excluding carboxylic acids is 2. The van der Waals surface area contributed by atoms with Gasteiger partial charge in [0.15, 0.2) is 11.5 Å². The number of benzene rings is 1. The number of nitrogens with one attached hydrogen (secondary N) is 1. The van der Waals surface area contributed by atoms with Crippen molar-refractivity contribution in [3.8, 4) is 11.5 Å². The zero-order valence-corrected chi connectivity index (χ0v) is 8.86. The molecule has 0 fully saturated rings. The van der Waals surface area contributed by atoms with Gasteiger partial charge in [0, 0.05) is 11.8 Å². The zero-order valence-electron chi connectivity index (χ0n) is 8.86. The molecule has 2 rings (SSSR count). The minimum atomic E-state index is -0.627. The minimum absolute atomic E-state index is 0.0983. The van der Waals surface area contributed by atoms with Gasteiger partial charge in [0.05, 0.1) is 12.1 Å². The van der Waals surface area contributed by atoms with Crippen molar-refractivity contribution in [3.05, 3.63) is 17.7 Å². The summed E-state index contributed by atoms with van der Waals surface area (Å²) >= 11 is 0. The number of hydrogen-bond acceptors (Lipinski definition) is 5. The maximum Gasteiger partial charge on any atom is 0.253 e. The molecule has 0 bridgehead atoms. The first kappa shape index (κ1) is 11.1. The molecule has 7 heteroatoms. The molecule has 1 aromatic rings. The van der Waals surface area contributed by atoms with Crippen LogP contribution in [0.2, 0.25) is 0 Å². The van der Waals surface area contributed by atoms with Gasteiger partial charge in [-0.3, -0.25) is 9.59 Å². The number of nitrogens with two attached hydrogens (primary N) is 2. The maximum atomic E-state index is 11.7. The number of primary amides is 1. The molecular formula is C10H11N3O4. The Kier molecular flexibility index (Phi) is 2.73. The van der Waals surface area contributed by atoms with Crippen LogP contribution in [-0.2, 0) is 4.79 Å². The van der Waals surface area contributed by atoms with E-state index in [1.807, 2.05) is 0 Å². The molecule has 90 valence electrons. The molecule has 1 heterocycles. The van der Waals surface area contributed by atoms with Gasteiger partial charge in [0.1, 0.15) is 0 Å². The fourth-order valence-corrected chi connectivity index (χ4v) is 1.42. The summed E-state index contributed by atoms with van der Waals surface area (Å²) in [5.41, 5.74) is 11.1. The lowest BCUT2D eigenvalue weighted by molar-refractivity contribution is -0.117. The first-order chi connectivity index (χ1) is 8.08. The number of anilines is 1. The van der Waals surface area contributed by atoms with Crippen LogP contribution in [0.5, 0.6) is 11.5 Å². The number of rotatable bonds is 3. The van der Waals surface area contributed by atoms with Gasteiger partial charge in [-0.1, -0.05) is 0 Å². The van der Waals surface area contributed by atoms with Crippen LogP contribution in [0, 0.1) is 0 Å². The predicted molar refractivity (Wildman–Crippen MR) is 58.5 cm³/mol. The van der Waals surface area contributed by atoms with E-state index in [1.165, 1.54) is 12.1 Å². The standard InChI is InChI=1S/C10H11N3O4/c11-6-2-8-7(16-4-17-8)1-5(6)10(15)13-3-9(12)14/h1-2H,3-4,11H2,(H2,12,14)(H,13,15). The highest BCUT2D eigenvalue weighted by molar-refractivity contribution is 6.01. The number of fused-ring (bicyclic) bond motifs is 1. The van der Waals surface area contributed by atoms with Gasteiger partial charge in [-0.15, -0.1) is 0 Å². The quantitative estimate of drug-likeness (QED) is 0.596. The fraction of sp³-hybridized carbons (Fsp3) is 0.200. The summed E-state index contributed by atoms with van der Waals surface area (Å²) in [6.07, 6.45) is 0. The van der Waals surface area contributed by atoms with E-state index in [4.69, 9.17) is 20.9 Å². The van der Waals surface area contributed by atoms with Crippen molar-refractivity contribution < 1.29 is 19.1 Å². The molecule has 1 aliphatic rings. The van der Waals surface area contributed by atoms with Crippen molar-refractivity contribution >= 4 is 17.5 Å². The fourth-order valence-electron chi connectivity index (χ4n) is 1.42. The SMILES string of the molecule is NC(=O)CNC(=O)c1cc2c(cc1N)OCO2. The van der Waals surface area contributed by atoms with E-state index in [1.54, 1.807) is 0 Å². The van der Waals surface area contributed by atoms with Gasteiger partial charge in [-0.05, 0) is 6.07 Å². The van der Waals surface area contributed by atoms with Gasteiger partial charge in [-0.25, -0.2) is 0 Å². The van der Waals surface area contributed by atoms with Crippen LogP contribution in [0.15, 0.2) is 12.1 Å². The third-order valence-electron chi connectivity index (χ3n) is 2.21. The Hall–Kier alpha value is -2.44. The van der Waals surface area contributed by atoms with Crippen LogP contribution in [0.25, 0.3) is 0 Å². The molecule has 2 amide bonds. The third-order valence-corrected chi connectivity index (χ3v) is 2.21. The monoisotopic (exact) mass is 237 g/mol. The molecule has 0 radical (unpaired) electrons. The number of carbonyl (C=O) groups is 2. The summed E-state index contributed by atoms with van der Waals surface area (Å²) in [4.78, 5) is 22.2. The predicted octanol–water partition coefficient (Wildman–Crippen LogP) is -0.787. The lowest BCUT2D eigenvalue weighted by atomic mass is 10.1. The Morgan fingerprint density at radius 1 is 1.29 bits per heavy atom. The molecule has 0 saturated heterocycles. The minimum Gasteiger partial charge on any atom is -0.454 e. The molecule has 0 spiro atoms. The molecule has 0 aromatic heterocycles. The van der Waals surface area contributed by atoms with Crippen LogP contribution in [0.1, 0.15) is 10.4 Å². The summed E-state index contributed by atoms with van der Waals surface area (Å²) in [6, 6.07) is 2.97. The van der Waals surface area contributed by atoms with E-state index >= 15 is 0 Å². The van der Waals surface area contributed by atoms with E-state index in [-0.39, 0.29) is 24.6 Å². The van der Waals surface area contributed by atoms with Gasteiger partial charge in [-0.2, -0.15) is 0 Å². The van der Waals surface area contributed by atoms with E-state index < -0.39 is 11.8 Å². The summed E-state index contributed by atoms with van der Waals surface area (Å²) < 4.78 is 10.2. The Morgan fingerprint density at radius 2 is 1.94 bits per heavy atom. The van der Waals surface area contributed by atoms with Crippen LogP contribution < -0.4 is 26.3 Å². The Balaban J connectivity index is 2.20. The molecule has 7 nitrogen and oxygen atoms in total. The summed E-state index contributed by atoms with van der Waals surface area (Å²) in [7, 11) is 0. The number of amides is 2. The van der Waals surface area contributed by atoms with Crippen LogP contribution >= 0.6 is 0 Å². The third kappa shape index (κ3) is 2.22. The number of hydrogen-bond donors (Lipinski definition) is 3. The highest BCUT2D eigenvalue weighted by Crippen LogP contribution is 2.35. The summed E-state index contributed by atoms with van der Waals surface area (Å²) in [5.74, 6) is -0.172. The first-order valence-corrected chi connectivity index (χ1v) is 4.83. The molecule has 0 atom stereocenters. The molecule has 0 aliphatic carbocycles. The van der Waals surface area contributed by atoms with Gasteiger partial charge in [0.25, 0.3) is 5.91 Å². The van der Waals surface area contributed by atoms with Crippen LogP contribution in [0.4, 0.5) is 5.69 Å². The maximum absolute atomic E-state index is 11.7. The van der Waals surface area contributed by atoms with Gasteiger partial charge in [0.2, 0.25) is 12.7 Å². The second-order valence-electron chi connectivity index (χ2n) is 3.44. The second-order valence-corrected chi connectivity index (χ2v) is 3.44. The number of ether oxygens (including phenoxy) is 2. The van der Waals surface area contributed by atoms with Crippen LogP contribution in [-0.4, -0.2) is 25.2 Å². The molecule has 1 aliphatic heterocycles. The zero-order chi connectivity index (χ0) is 12.4. The van der Waals surface area contributed by atoms with Crippen molar-refractivity contribution in [2.75, 3.05) is 19.1 Å². The van der Waals surface area contributed by atoms with E-state index in [9.17, 15) is 9.59 Å². The van der Waals surface area contributed by atoms with E-state index in [0.29, 0.717) is 11.5 Å². The smallest absolute Gasteiger partial charge is 0.253 e. The van der Waals surface area contributed by atoms with E-state index in [2.05, 4.69) is 5.32 Å². The normalized spacial score (nSPS) is 12.2. The molecule has 0 unspecified atom stereocenters. The molecular weight excluding hydrogens is 226 g/mol. The highest BCUT2D eigenvalue weighted by Gasteiger charge is 2.19. The molecule has 17 heavy (non-hydrogen) atoms. The highest BCUT2D eigenvalue weighted by atomic mass is 16.7. The molecule has 1 aromatic carbocycles. The Bertz CT molecular complexity index is 487. The van der Waals surface area contributed by atoms with Crippen LogP contribution in [0.3, 0.4) is 0 Å². The topological polar surface area (TPSA) is 117 Å². The summed E-state index contributed by atoms with van der Waals surface area (Å²) in [6.45, 7) is -0.145. The average molecular weight is 237 g/mol. The Labute approximate surface area is 96.7 Å². The second kappa shape index (κ2) is 4.20. The number of nitrogen functional groups attached to an aromatic ring is 1. The summed E-state index contributed by atoms with van der Waals surface area (Å²) in [5, 5.41) is 2.34. The van der Waals surface area contributed by atoms with Crippen molar-refractivity contribution in [1.29, 1.82) is 0 Å². The lowest BCUT2D eigenvalue weighted by Crippen LogP contribution is -2.33. The lowest BCUT2D eigenvalue weighted by Gasteiger charge is -2.07. The molecule has 0 saturated carbocycles. The largest absolute Gasteiger partial charge is 0.454 e. The molecule has 5 N–H and O–H groups in total. The van der Waals surface area contributed by atoms with Crippen molar-refractivity contribution in [1.82, 2.24) is 5.32 Å². The van der Waals surface area contributed by atoms with Crippen molar-refractivity contribution in [3.63, 3.8) is 0 Å².